The molecule has 1 saturated carbocycles. The molecule has 1 aromatic rings. The molecule has 1 saturated heterocycles. The van der Waals surface area contributed by atoms with E-state index in [9.17, 15) is 8.78 Å². The highest BCUT2D eigenvalue weighted by molar-refractivity contribution is 5.58. The van der Waals surface area contributed by atoms with Crippen LogP contribution >= 0.6 is 0 Å². The number of piperidine rings is 1. The second kappa shape index (κ2) is 5.98. The Morgan fingerprint density at radius 3 is 2.92 bits per heavy atom. The fourth-order valence-electron chi connectivity index (χ4n) is 5.74. The summed E-state index contributed by atoms with van der Waals surface area (Å²) in [6, 6.07) is 5.12. The number of rotatable bonds is 3. The van der Waals surface area contributed by atoms with Crippen LogP contribution in [0.2, 0.25) is 0 Å². The minimum absolute atomic E-state index is 0.267. The zero-order valence-electron chi connectivity index (χ0n) is 14.7. The van der Waals surface area contributed by atoms with Gasteiger partial charge in [-0.2, -0.15) is 0 Å². The van der Waals surface area contributed by atoms with Crippen LogP contribution in [0.4, 0.5) is 14.5 Å². The van der Waals surface area contributed by atoms with Crippen LogP contribution in [0.3, 0.4) is 0 Å². The van der Waals surface area contributed by atoms with Crippen LogP contribution < -0.4 is 5.32 Å². The summed E-state index contributed by atoms with van der Waals surface area (Å²) >= 11 is 0. The quantitative estimate of drug-likeness (QED) is 0.883. The lowest BCUT2D eigenvalue weighted by Crippen LogP contribution is -2.59. The van der Waals surface area contributed by atoms with Crippen LogP contribution in [0.1, 0.15) is 48.8 Å². The summed E-state index contributed by atoms with van der Waals surface area (Å²) in [4.78, 5) is 2.54. The van der Waals surface area contributed by atoms with Crippen molar-refractivity contribution in [1.82, 2.24) is 4.90 Å². The number of anilines is 1. The zero-order chi connectivity index (χ0) is 16.9. The standard InChI is InChI=1S/C20H28F2N2/c1-13-9-16-14(10-17(13)23-12-19(21)22)11-18-15-5-3-4-6-20(15,16)7-8-24(18)2/h9-10,15,18-19,23H,3-8,11-12H2,1-2H3/t15-,18-,20-/m1/s1. The number of hydrogen-bond acceptors (Lipinski definition) is 2. The molecule has 132 valence electrons. The molecule has 1 aliphatic heterocycles. The van der Waals surface area contributed by atoms with Crippen LogP contribution in [-0.2, 0) is 11.8 Å². The van der Waals surface area contributed by atoms with Crippen LogP contribution in [-0.4, -0.2) is 37.5 Å². The van der Waals surface area contributed by atoms with Crippen LogP contribution in [0, 0.1) is 12.8 Å². The number of nitrogens with one attached hydrogen (secondary N) is 1. The molecular weight excluding hydrogens is 306 g/mol. The molecule has 0 spiro atoms. The van der Waals surface area contributed by atoms with Gasteiger partial charge in [0.15, 0.2) is 0 Å². The fourth-order valence-corrected chi connectivity index (χ4v) is 5.74. The van der Waals surface area contributed by atoms with E-state index in [0.717, 1.165) is 23.6 Å². The molecular formula is C20H28F2N2. The van der Waals surface area contributed by atoms with Gasteiger partial charge in [-0.3, -0.25) is 0 Å². The molecule has 3 aliphatic rings. The van der Waals surface area contributed by atoms with Gasteiger partial charge in [0.2, 0.25) is 0 Å². The summed E-state index contributed by atoms with van der Waals surface area (Å²) in [6.45, 7) is 2.98. The number of nitrogens with zero attached hydrogens (tertiary/aromatic N) is 1. The predicted octanol–water partition coefficient (Wildman–Crippen LogP) is 4.36. The van der Waals surface area contributed by atoms with Crippen LogP contribution in [0.15, 0.2) is 12.1 Å². The third-order valence-corrected chi connectivity index (χ3v) is 6.90. The van der Waals surface area contributed by atoms with Gasteiger partial charge in [0.1, 0.15) is 0 Å². The number of aryl methyl sites for hydroxylation is 1. The van der Waals surface area contributed by atoms with Gasteiger partial charge in [0.25, 0.3) is 6.43 Å². The van der Waals surface area contributed by atoms with E-state index < -0.39 is 6.43 Å². The number of likely N-dealkylation sites (N-methyl/N-ethyl adjacent to an activating group) is 1. The third kappa shape index (κ3) is 2.45. The normalized spacial score (nSPS) is 32.4. The van der Waals surface area contributed by atoms with Crippen molar-refractivity contribution >= 4 is 5.69 Å². The lowest BCUT2D eigenvalue weighted by atomic mass is 9.52. The van der Waals surface area contributed by atoms with Crippen molar-refractivity contribution in [2.24, 2.45) is 5.92 Å². The Bertz CT molecular complexity index is 630. The number of alkyl halides is 2. The molecule has 2 aliphatic carbocycles. The molecule has 0 amide bonds. The molecule has 0 radical (unpaired) electrons. The van der Waals surface area contributed by atoms with Gasteiger partial charge in [-0.25, -0.2) is 8.78 Å². The first-order valence-electron chi connectivity index (χ1n) is 9.37. The molecule has 2 bridgehead atoms. The van der Waals surface area contributed by atoms with Gasteiger partial charge < -0.3 is 10.2 Å². The van der Waals surface area contributed by atoms with E-state index in [1.807, 2.05) is 0 Å². The second-order valence-electron chi connectivity index (χ2n) is 8.11. The molecule has 2 fully saturated rings. The van der Waals surface area contributed by atoms with Crippen LogP contribution in [0.5, 0.6) is 0 Å². The highest BCUT2D eigenvalue weighted by Crippen LogP contribution is 2.56. The Morgan fingerprint density at radius 1 is 1.29 bits per heavy atom. The summed E-state index contributed by atoms with van der Waals surface area (Å²) in [5.41, 5.74) is 5.28. The van der Waals surface area contributed by atoms with Crippen molar-refractivity contribution < 1.29 is 8.78 Å². The van der Waals surface area contributed by atoms with E-state index in [4.69, 9.17) is 0 Å². The van der Waals surface area contributed by atoms with Gasteiger partial charge in [0, 0.05) is 17.1 Å². The molecule has 1 heterocycles. The van der Waals surface area contributed by atoms with E-state index in [0.29, 0.717) is 11.5 Å². The molecule has 2 nitrogen and oxygen atoms in total. The van der Waals surface area contributed by atoms with Crippen molar-refractivity contribution in [2.45, 2.75) is 63.3 Å². The minimum Gasteiger partial charge on any atom is -0.379 e. The highest BCUT2D eigenvalue weighted by Gasteiger charge is 2.53. The number of likely N-dealkylation sites (tertiary alicyclic amines) is 1. The van der Waals surface area contributed by atoms with E-state index in [-0.39, 0.29) is 6.54 Å². The smallest absolute Gasteiger partial charge is 0.255 e. The highest BCUT2D eigenvalue weighted by atomic mass is 19.3. The topological polar surface area (TPSA) is 15.3 Å². The maximum absolute atomic E-state index is 12.6. The maximum Gasteiger partial charge on any atom is 0.255 e. The molecule has 3 atom stereocenters. The summed E-state index contributed by atoms with van der Waals surface area (Å²) < 4.78 is 25.2. The first-order chi connectivity index (χ1) is 11.5. The molecule has 0 aromatic heterocycles. The van der Waals surface area contributed by atoms with Gasteiger partial charge in [-0.1, -0.05) is 18.9 Å². The van der Waals surface area contributed by atoms with Crippen molar-refractivity contribution in [3.63, 3.8) is 0 Å². The summed E-state index contributed by atoms with van der Waals surface area (Å²) in [5.74, 6) is 0.775. The Hall–Kier alpha value is -1.16. The SMILES string of the molecule is Cc1cc2c(cc1NCC(F)F)C[C@@H]1[C@H]3CCCC[C@]23CCN1C. The second-order valence-corrected chi connectivity index (χ2v) is 8.11. The number of halogens is 2. The van der Waals surface area contributed by atoms with E-state index in [1.54, 1.807) is 0 Å². The maximum atomic E-state index is 12.6. The monoisotopic (exact) mass is 334 g/mol. The minimum atomic E-state index is -2.31. The Labute approximate surface area is 143 Å². The van der Waals surface area contributed by atoms with Gasteiger partial charge in [-0.15, -0.1) is 0 Å². The third-order valence-electron chi connectivity index (χ3n) is 6.90. The number of benzene rings is 1. The Kier molecular flexibility index (Phi) is 4.06. The average Bonchev–Trinajstić information content (AvgIpc) is 2.57. The lowest BCUT2D eigenvalue weighted by Gasteiger charge is -2.58. The largest absolute Gasteiger partial charge is 0.379 e. The average molecular weight is 334 g/mol. The number of hydrogen-bond donors (Lipinski definition) is 1. The van der Waals surface area contributed by atoms with Crippen molar-refractivity contribution in [3.8, 4) is 0 Å². The first kappa shape index (κ1) is 16.3. The van der Waals surface area contributed by atoms with Crippen molar-refractivity contribution in [1.29, 1.82) is 0 Å². The molecule has 0 unspecified atom stereocenters. The first-order valence-corrected chi connectivity index (χ1v) is 9.37. The zero-order valence-corrected chi connectivity index (χ0v) is 14.7. The summed E-state index contributed by atoms with van der Waals surface area (Å²) in [7, 11) is 2.26. The molecule has 1 aromatic carbocycles. The van der Waals surface area contributed by atoms with Gasteiger partial charge in [-0.05, 0) is 74.9 Å². The van der Waals surface area contributed by atoms with Gasteiger partial charge in [0.05, 0.1) is 6.54 Å². The Balaban J connectivity index is 1.76. The summed E-state index contributed by atoms with van der Waals surface area (Å²) in [5, 5.41) is 2.95. The van der Waals surface area contributed by atoms with Crippen molar-refractivity contribution in [3.05, 3.63) is 28.8 Å². The molecule has 1 N–H and O–H groups in total. The van der Waals surface area contributed by atoms with E-state index in [2.05, 4.69) is 36.3 Å². The number of fused-ring (bicyclic) bond motifs is 1. The molecule has 4 heteroatoms. The van der Waals surface area contributed by atoms with Crippen LogP contribution in [0.25, 0.3) is 0 Å². The van der Waals surface area contributed by atoms with Gasteiger partial charge >= 0.3 is 0 Å². The lowest BCUT2D eigenvalue weighted by molar-refractivity contribution is 0.00285. The Morgan fingerprint density at radius 2 is 2.12 bits per heavy atom. The van der Waals surface area contributed by atoms with Crippen molar-refractivity contribution in [2.75, 3.05) is 25.5 Å². The molecule has 4 rings (SSSR count). The fraction of sp³-hybridized carbons (Fsp3) is 0.700. The predicted molar refractivity (Wildman–Crippen MR) is 94.0 cm³/mol. The van der Waals surface area contributed by atoms with E-state index >= 15 is 0 Å². The summed E-state index contributed by atoms with van der Waals surface area (Å²) in [6.07, 6.45) is 5.35. The molecule has 24 heavy (non-hydrogen) atoms. The van der Waals surface area contributed by atoms with E-state index in [1.165, 1.54) is 49.8 Å².